The maximum absolute atomic E-state index is 12.8. The molecule has 0 aliphatic rings. The van der Waals surface area contributed by atoms with Crippen LogP contribution >= 0.6 is 11.6 Å². The van der Waals surface area contributed by atoms with E-state index in [9.17, 15) is 22.8 Å². The Balaban J connectivity index is 2.71. The topological polar surface area (TPSA) is 76.5 Å². The van der Waals surface area contributed by atoms with Gasteiger partial charge in [-0.25, -0.2) is 9.36 Å². The first-order valence-corrected chi connectivity index (χ1v) is 6.84. The highest BCUT2D eigenvalue weighted by atomic mass is 35.5. The maximum Gasteiger partial charge on any atom is 0.431 e. The fourth-order valence-corrected chi connectivity index (χ4v) is 2.19. The van der Waals surface area contributed by atoms with Crippen LogP contribution < -0.4 is 11.2 Å². The third-order valence-corrected chi connectivity index (χ3v) is 3.50. The number of aromatic amines is 1. The molecule has 0 aliphatic carbocycles. The van der Waals surface area contributed by atoms with Crippen molar-refractivity contribution in [2.24, 2.45) is 5.16 Å². The van der Waals surface area contributed by atoms with Gasteiger partial charge in [-0.2, -0.15) is 13.2 Å². The molecule has 0 bridgehead atoms. The smallest absolute Gasteiger partial charge is 0.399 e. The van der Waals surface area contributed by atoms with Crippen LogP contribution in [-0.2, 0) is 11.0 Å². The number of alkyl halides is 3. The zero-order valence-corrected chi connectivity index (χ0v) is 13.2. The van der Waals surface area contributed by atoms with Gasteiger partial charge in [-0.15, -0.1) is 0 Å². The van der Waals surface area contributed by atoms with E-state index in [1.165, 1.54) is 31.5 Å². The molecule has 0 atom stereocenters. The first-order chi connectivity index (χ1) is 11.2. The molecular weight excluding hydrogens is 351 g/mol. The lowest BCUT2D eigenvalue weighted by Gasteiger charge is -2.12. The summed E-state index contributed by atoms with van der Waals surface area (Å²) in [6.07, 6.45) is -3.60. The lowest BCUT2D eigenvalue weighted by molar-refractivity contribution is -0.142. The SMILES string of the molecule is CON=Cc1cc(-n2c(=O)[nH]c(C(F)(F)F)c(C)c2=O)ccc1Cl. The number of hydrogen-bond donors (Lipinski definition) is 1. The van der Waals surface area contributed by atoms with Crippen LogP contribution in [0.4, 0.5) is 13.2 Å². The highest BCUT2D eigenvalue weighted by molar-refractivity contribution is 6.33. The number of nitrogens with zero attached hydrogens (tertiary/aromatic N) is 2. The number of H-pyrrole nitrogens is 1. The van der Waals surface area contributed by atoms with Crippen molar-refractivity contribution in [3.63, 3.8) is 0 Å². The molecule has 1 aromatic carbocycles. The average molecular weight is 362 g/mol. The Hall–Kier alpha value is -2.55. The van der Waals surface area contributed by atoms with Crippen molar-refractivity contribution in [3.05, 3.63) is 60.9 Å². The number of hydrogen-bond acceptors (Lipinski definition) is 4. The van der Waals surface area contributed by atoms with Crippen LogP contribution in [-0.4, -0.2) is 22.9 Å². The van der Waals surface area contributed by atoms with E-state index in [0.717, 1.165) is 6.92 Å². The van der Waals surface area contributed by atoms with Crippen LogP contribution in [0.25, 0.3) is 5.69 Å². The number of nitrogens with one attached hydrogen (secondary N) is 1. The predicted molar refractivity (Wildman–Crippen MR) is 82.0 cm³/mol. The van der Waals surface area contributed by atoms with E-state index < -0.39 is 28.7 Å². The standard InChI is InChI=1S/C14H11ClF3N3O3/c1-7-11(14(16,17)18)20-13(23)21(12(7)22)9-3-4-10(15)8(5-9)6-19-24-2/h3-6H,1-2H3,(H,20,23). The molecule has 0 aliphatic heterocycles. The molecule has 0 fully saturated rings. The monoisotopic (exact) mass is 361 g/mol. The second kappa shape index (κ2) is 6.52. The number of aromatic nitrogens is 2. The third kappa shape index (κ3) is 3.35. The summed E-state index contributed by atoms with van der Waals surface area (Å²) in [5, 5.41) is 3.77. The summed E-state index contributed by atoms with van der Waals surface area (Å²) in [5.74, 6) is 0. The Bertz CT molecular complexity index is 916. The van der Waals surface area contributed by atoms with Gasteiger partial charge in [0.1, 0.15) is 12.8 Å². The van der Waals surface area contributed by atoms with E-state index in [2.05, 4.69) is 9.99 Å². The predicted octanol–water partition coefficient (Wildman–Crippen LogP) is 2.49. The van der Waals surface area contributed by atoms with Gasteiger partial charge in [0.25, 0.3) is 5.56 Å². The molecule has 128 valence electrons. The van der Waals surface area contributed by atoms with Gasteiger partial charge in [0, 0.05) is 16.1 Å². The van der Waals surface area contributed by atoms with Crippen molar-refractivity contribution in [1.29, 1.82) is 0 Å². The molecular formula is C14H11ClF3N3O3. The minimum atomic E-state index is -4.84. The minimum absolute atomic E-state index is 0.0417. The van der Waals surface area contributed by atoms with Gasteiger partial charge in [-0.05, 0) is 25.1 Å². The Morgan fingerprint density at radius 2 is 2.00 bits per heavy atom. The zero-order chi connectivity index (χ0) is 18.1. The molecule has 1 heterocycles. The molecule has 1 aromatic heterocycles. The molecule has 1 N–H and O–H groups in total. The second-order valence-electron chi connectivity index (χ2n) is 4.69. The summed E-state index contributed by atoms with van der Waals surface area (Å²) in [6, 6.07) is 4.04. The second-order valence-corrected chi connectivity index (χ2v) is 5.10. The normalized spacial score (nSPS) is 11.9. The molecule has 0 saturated carbocycles. The van der Waals surface area contributed by atoms with Gasteiger partial charge in [0.15, 0.2) is 0 Å². The number of oxime groups is 1. The highest BCUT2D eigenvalue weighted by Gasteiger charge is 2.35. The molecule has 0 radical (unpaired) electrons. The van der Waals surface area contributed by atoms with Crippen molar-refractivity contribution in [2.75, 3.05) is 7.11 Å². The van der Waals surface area contributed by atoms with Crippen LogP contribution in [0, 0.1) is 6.92 Å². The molecule has 0 saturated heterocycles. The number of halogens is 4. The van der Waals surface area contributed by atoms with Crippen molar-refractivity contribution >= 4 is 17.8 Å². The van der Waals surface area contributed by atoms with Crippen molar-refractivity contribution < 1.29 is 18.0 Å². The van der Waals surface area contributed by atoms with Crippen molar-refractivity contribution in [2.45, 2.75) is 13.1 Å². The fraction of sp³-hybridized carbons (Fsp3) is 0.214. The maximum atomic E-state index is 12.8. The van der Waals surface area contributed by atoms with E-state index in [-0.39, 0.29) is 10.7 Å². The third-order valence-electron chi connectivity index (χ3n) is 3.15. The number of rotatable bonds is 3. The van der Waals surface area contributed by atoms with Crippen molar-refractivity contribution in [1.82, 2.24) is 9.55 Å². The summed E-state index contributed by atoms with van der Waals surface area (Å²) in [7, 11) is 1.31. The Kier molecular flexibility index (Phi) is 4.83. The van der Waals surface area contributed by atoms with Gasteiger partial charge in [-0.3, -0.25) is 4.79 Å². The van der Waals surface area contributed by atoms with Crippen LogP contribution in [0.1, 0.15) is 16.8 Å². The van der Waals surface area contributed by atoms with E-state index in [1.807, 2.05) is 0 Å². The van der Waals surface area contributed by atoms with Crippen LogP contribution in [0.5, 0.6) is 0 Å². The van der Waals surface area contributed by atoms with Gasteiger partial charge >= 0.3 is 11.9 Å². The van der Waals surface area contributed by atoms with Crippen molar-refractivity contribution in [3.8, 4) is 5.69 Å². The molecule has 0 spiro atoms. The molecule has 2 aromatic rings. The summed E-state index contributed by atoms with van der Waals surface area (Å²) in [5.41, 5.74) is -3.93. The Morgan fingerprint density at radius 1 is 1.33 bits per heavy atom. The summed E-state index contributed by atoms with van der Waals surface area (Å²) < 4.78 is 39.1. The van der Waals surface area contributed by atoms with Crippen LogP contribution in [0.3, 0.4) is 0 Å². The van der Waals surface area contributed by atoms with Gasteiger partial charge in [0.05, 0.1) is 11.9 Å². The lowest BCUT2D eigenvalue weighted by Crippen LogP contribution is -2.38. The average Bonchev–Trinajstić information content (AvgIpc) is 2.50. The molecule has 0 unspecified atom stereocenters. The van der Waals surface area contributed by atoms with E-state index in [0.29, 0.717) is 10.1 Å². The lowest BCUT2D eigenvalue weighted by atomic mass is 10.2. The van der Waals surface area contributed by atoms with Crippen LogP contribution in [0.2, 0.25) is 5.02 Å². The highest BCUT2D eigenvalue weighted by Crippen LogP contribution is 2.28. The first kappa shape index (κ1) is 17.8. The summed E-state index contributed by atoms with van der Waals surface area (Å²) in [6.45, 7) is 0.987. The molecule has 2 rings (SSSR count). The minimum Gasteiger partial charge on any atom is -0.399 e. The quantitative estimate of drug-likeness (QED) is 0.674. The molecule has 6 nitrogen and oxygen atoms in total. The molecule has 24 heavy (non-hydrogen) atoms. The van der Waals surface area contributed by atoms with Gasteiger partial charge in [-0.1, -0.05) is 16.8 Å². The summed E-state index contributed by atoms with van der Waals surface area (Å²) >= 11 is 5.95. The van der Waals surface area contributed by atoms with Gasteiger partial charge < -0.3 is 9.82 Å². The molecule has 10 heteroatoms. The largest absolute Gasteiger partial charge is 0.431 e. The van der Waals surface area contributed by atoms with E-state index >= 15 is 0 Å². The van der Waals surface area contributed by atoms with E-state index in [1.54, 1.807) is 4.98 Å². The fourth-order valence-electron chi connectivity index (χ4n) is 2.02. The van der Waals surface area contributed by atoms with Crippen LogP contribution in [0.15, 0.2) is 32.9 Å². The Labute approximate surface area is 138 Å². The first-order valence-electron chi connectivity index (χ1n) is 6.46. The Morgan fingerprint density at radius 3 is 2.58 bits per heavy atom. The zero-order valence-electron chi connectivity index (χ0n) is 12.4. The summed E-state index contributed by atoms with van der Waals surface area (Å²) in [4.78, 5) is 30.4. The van der Waals surface area contributed by atoms with E-state index in [4.69, 9.17) is 11.6 Å². The number of benzene rings is 1. The van der Waals surface area contributed by atoms with Gasteiger partial charge in [0.2, 0.25) is 0 Å². The molecule has 0 amide bonds.